The van der Waals surface area contributed by atoms with Crippen molar-refractivity contribution in [3.8, 4) is 0 Å². The minimum atomic E-state index is -2.19. The summed E-state index contributed by atoms with van der Waals surface area (Å²) in [5.41, 5.74) is 0. The van der Waals surface area contributed by atoms with Gasteiger partial charge in [0.15, 0.2) is 0 Å². The summed E-state index contributed by atoms with van der Waals surface area (Å²) in [6.45, 7) is 0. The summed E-state index contributed by atoms with van der Waals surface area (Å²) in [5, 5.41) is 32.6. The molecule has 2 N–H and O–H groups in total. The molecule has 0 aliphatic heterocycles. The zero-order valence-electron chi connectivity index (χ0n) is 7.34. The van der Waals surface area contributed by atoms with Gasteiger partial charge in [-0.25, -0.2) is 9.59 Å². The van der Waals surface area contributed by atoms with Crippen LogP contribution in [0.5, 0.6) is 0 Å². The van der Waals surface area contributed by atoms with Crippen molar-refractivity contribution in [1.82, 2.24) is 0 Å². The molecule has 0 bridgehead atoms. The standard InChI is InChI=1S/2C2H2O4.2Na/c2*3-1(4)2(5)6;;/h2*(H,3,4)(H,5,6);;/q;;2*+1/p-2. The van der Waals surface area contributed by atoms with Crippen LogP contribution in [-0.4, -0.2) is 34.1 Å². The topological polar surface area (TPSA) is 155 Å². The van der Waals surface area contributed by atoms with E-state index in [0.29, 0.717) is 0 Å². The molecule has 0 aromatic heterocycles. The largest absolute Gasteiger partial charge is 1.00 e. The van der Waals surface area contributed by atoms with Gasteiger partial charge in [-0.1, -0.05) is 0 Å². The summed E-state index contributed by atoms with van der Waals surface area (Å²) in [7, 11) is 0. The molecule has 68 valence electrons. The third-order valence-electron chi connectivity index (χ3n) is 0.350. The molecule has 0 aliphatic carbocycles. The van der Waals surface area contributed by atoms with Gasteiger partial charge >= 0.3 is 71.1 Å². The zero-order chi connectivity index (χ0) is 10.3. The Hall–Kier alpha value is -0.120. The summed E-state index contributed by atoms with van der Waals surface area (Å²) in [4.78, 5) is 36.1. The molecule has 0 rings (SSSR count). The predicted molar refractivity (Wildman–Crippen MR) is 25.3 cm³/mol. The minimum absolute atomic E-state index is 0. The van der Waals surface area contributed by atoms with E-state index in [4.69, 9.17) is 39.6 Å². The van der Waals surface area contributed by atoms with Crippen molar-refractivity contribution in [2.75, 3.05) is 0 Å². The Kier molecular flexibility index (Phi) is 21.7. The van der Waals surface area contributed by atoms with Crippen LogP contribution in [0.1, 0.15) is 0 Å². The fraction of sp³-hybridized carbons (Fsp3) is 0. The van der Waals surface area contributed by atoms with Crippen molar-refractivity contribution in [3.05, 3.63) is 0 Å². The Bertz CT molecular complexity index is 175. The third-order valence-corrected chi connectivity index (χ3v) is 0.350. The molecule has 14 heavy (non-hydrogen) atoms. The number of hydrogen-bond donors (Lipinski definition) is 2. The molecule has 0 atom stereocenters. The number of carboxylic acids is 4. The average molecular weight is 224 g/mol. The molecular weight excluding hydrogens is 222 g/mol. The summed E-state index contributed by atoms with van der Waals surface area (Å²) < 4.78 is 0. The maximum atomic E-state index is 9.10. The molecule has 0 saturated heterocycles. The first-order chi connectivity index (χ1) is 5.29. The summed E-state index contributed by atoms with van der Waals surface area (Å²) in [6, 6.07) is 0. The van der Waals surface area contributed by atoms with Crippen molar-refractivity contribution < 1.29 is 98.7 Å². The molecule has 8 nitrogen and oxygen atoms in total. The Labute approximate surface area is 121 Å². The van der Waals surface area contributed by atoms with Gasteiger partial charge in [-0.05, 0) is 0 Å². The summed E-state index contributed by atoms with van der Waals surface area (Å²) in [6.07, 6.45) is 0. The van der Waals surface area contributed by atoms with Crippen molar-refractivity contribution in [1.29, 1.82) is 0 Å². The number of carbonyl (C=O) groups is 4. The van der Waals surface area contributed by atoms with Crippen LogP contribution in [0.2, 0.25) is 0 Å². The maximum Gasteiger partial charge on any atom is 1.00 e. The smallest absolute Gasteiger partial charge is 0.543 e. The van der Waals surface area contributed by atoms with Gasteiger partial charge in [0.25, 0.3) is 0 Å². The first kappa shape index (κ1) is 23.6. The Morgan fingerprint density at radius 3 is 0.857 bits per heavy atom. The van der Waals surface area contributed by atoms with Crippen molar-refractivity contribution in [2.24, 2.45) is 0 Å². The van der Waals surface area contributed by atoms with E-state index in [9.17, 15) is 0 Å². The summed E-state index contributed by atoms with van der Waals surface area (Å²) in [5.74, 6) is -8.02. The van der Waals surface area contributed by atoms with Crippen LogP contribution in [0.15, 0.2) is 0 Å². The fourth-order valence-electron chi connectivity index (χ4n) is 0. The molecule has 0 aliphatic rings. The Morgan fingerprint density at radius 1 is 0.714 bits per heavy atom. The predicted octanol–water partition coefficient (Wildman–Crippen LogP) is -10.4. The van der Waals surface area contributed by atoms with Crippen LogP contribution >= 0.6 is 0 Å². The second-order valence-electron chi connectivity index (χ2n) is 1.19. The van der Waals surface area contributed by atoms with E-state index in [1.807, 2.05) is 0 Å². The average Bonchev–Trinajstić information content (AvgIpc) is 1.88. The molecular formula is C4H2Na2O8. The number of carbonyl (C=O) groups excluding carboxylic acids is 2. The minimum Gasteiger partial charge on any atom is -0.543 e. The maximum absolute atomic E-state index is 9.10. The Morgan fingerprint density at radius 2 is 0.857 bits per heavy atom. The molecule has 0 amide bonds. The van der Waals surface area contributed by atoms with E-state index < -0.39 is 23.9 Å². The number of rotatable bonds is 0. The van der Waals surface area contributed by atoms with Gasteiger partial charge in [-0.15, -0.1) is 0 Å². The molecule has 0 spiro atoms. The van der Waals surface area contributed by atoms with Crippen LogP contribution in [0, 0.1) is 0 Å². The fourth-order valence-corrected chi connectivity index (χ4v) is 0. The van der Waals surface area contributed by atoms with E-state index in [2.05, 4.69) is 0 Å². The van der Waals surface area contributed by atoms with Crippen LogP contribution in [-0.2, 0) is 19.2 Å². The first-order valence-corrected chi connectivity index (χ1v) is 2.17. The number of carboxylic acid groups (broad SMARTS) is 4. The normalized spacial score (nSPS) is 6.29. The zero-order valence-corrected chi connectivity index (χ0v) is 11.3. The van der Waals surface area contributed by atoms with Crippen LogP contribution in [0.25, 0.3) is 0 Å². The van der Waals surface area contributed by atoms with Gasteiger partial charge in [-0.3, -0.25) is 0 Å². The molecule has 0 heterocycles. The van der Waals surface area contributed by atoms with E-state index in [1.165, 1.54) is 0 Å². The van der Waals surface area contributed by atoms with Crippen LogP contribution < -0.4 is 69.3 Å². The van der Waals surface area contributed by atoms with Crippen molar-refractivity contribution >= 4 is 23.9 Å². The first-order valence-electron chi connectivity index (χ1n) is 2.17. The summed E-state index contributed by atoms with van der Waals surface area (Å²) >= 11 is 0. The van der Waals surface area contributed by atoms with Gasteiger partial charge in [0.1, 0.15) is 0 Å². The van der Waals surface area contributed by atoms with Crippen LogP contribution in [0.3, 0.4) is 0 Å². The number of hydrogen-bond acceptors (Lipinski definition) is 6. The Balaban J connectivity index is -0.0000000625. The van der Waals surface area contributed by atoms with E-state index in [1.54, 1.807) is 0 Å². The monoisotopic (exact) mass is 224 g/mol. The van der Waals surface area contributed by atoms with E-state index in [-0.39, 0.29) is 59.1 Å². The van der Waals surface area contributed by atoms with Gasteiger partial charge in [0, 0.05) is 0 Å². The van der Waals surface area contributed by atoms with Gasteiger partial charge in [0.2, 0.25) is 0 Å². The van der Waals surface area contributed by atoms with Crippen molar-refractivity contribution in [2.45, 2.75) is 0 Å². The molecule has 0 unspecified atom stereocenters. The van der Waals surface area contributed by atoms with Crippen LogP contribution in [0.4, 0.5) is 0 Å². The quantitative estimate of drug-likeness (QED) is 0.303. The molecule has 0 aromatic rings. The molecule has 10 heteroatoms. The van der Waals surface area contributed by atoms with Crippen molar-refractivity contribution in [3.63, 3.8) is 0 Å². The SMILES string of the molecule is O=C(O)C(=O)O.O=C([O-])C(=O)[O-].[Na+].[Na+]. The number of aliphatic carboxylic acids is 4. The van der Waals surface area contributed by atoms with E-state index >= 15 is 0 Å². The molecule has 0 saturated carbocycles. The van der Waals surface area contributed by atoms with Gasteiger partial charge in [-0.2, -0.15) is 0 Å². The van der Waals surface area contributed by atoms with Gasteiger partial charge in [0.05, 0.1) is 11.9 Å². The third kappa shape index (κ3) is 22.6. The second kappa shape index (κ2) is 12.9. The molecule has 0 fully saturated rings. The van der Waals surface area contributed by atoms with E-state index in [0.717, 1.165) is 0 Å². The molecule has 0 aromatic carbocycles. The molecule has 0 radical (unpaired) electrons. The second-order valence-corrected chi connectivity index (χ2v) is 1.19. The van der Waals surface area contributed by atoms with Gasteiger partial charge < -0.3 is 30.0 Å².